The van der Waals surface area contributed by atoms with Crippen molar-refractivity contribution in [2.24, 2.45) is 0 Å². The van der Waals surface area contributed by atoms with Crippen molar-refractivity contribution in [2.45, 2.75) is 19.3 Å². The molecule has 1 aliphatic rings. The van der Waals surface area contributed by atoms with Gasteiger partial charge in [0.05, 0.1) is 0 Å². The average Bonchev–Trinajstić information content (AvgIpc) is 3.94. The summed E-state index contributed by atoms with van der Waals surface area (Å²) < 4.78 is 9.16. The molecule has 2 heterocycles. The normalized spacial score (nSPS) is 13.0. The Labute approximate surface area is 353 Å². The Morgan fingerprint density at radius 2 is 0.967 bits per heavy atom. The van der Waals surface area contributed by atoms with Gasteiger partial charge in [0.15, 0.2) is 0 Å². The molecule has 0 radical (unpaired) electrons. The number of hydrogen-bond donors (Lipinski definition) is 0. The standard InChI is InChI=1S/C57H39NOS/c1-57(2)51-19-8-5-14-44(51)45-32-31-41(35-52(45)57)58(39-27-22-36(23-28-39)38-26-33-55-50(34-38)47-16-7-10-21-54(47)60-55)40-29-24-37(25-30-40)42-12-3-4-13-43(42)48-17-11-18-49-46-15-6-9-20-53(46)59-56(48)49/h3-35H,1-2H3. The van der Waals surface area contributed by atoms with Crippen molar-refractivity contribution in [3.05, 3.63) is 211 Å². The molecular weight excluding hydrogens is 747 g/mol. The van der Waals surface area contributed by atoms with Gasteiger partial charge in [0.1, 0.15) is 11.2 Å². The summed E-state index contributed by atoms with van der Waals surface area (Å²) in [6, 6.07) is 73.1. The van der Waals surface area contributed by atoms with Crippen LogP contribution in [0.2, 0.25) is 0 Å². The Bertz CT molecular complexity index is 3460. The molecule has 60 heavy (non-hydrogen) atoms. The summed E-state index contributed by atoms with van der Waals surface area (Å²) in [5, 5.41) is 4.91. The van der Waals surface area contributed by atoms with Gasteiger partial charge >= 0.3 is 0 Å². The molecular formula is C57H39NOS. The minimum absolute atomic E-state index is 0.113. The number of thiophene rings is 1. The zero-order valence-electron chi connectivity index (χ0n) is 33.3. The molecule has 2 nitrogen and oxygen atoms in total. The number of benzene rings is 9. The van der Waals surface area contributed by atoms with E-state index in [0.717, 1.165) is 55.7 Å². The Kier molecular flexibility index (Phi) is 7.79. The Morgan fingerprint density at radius 3 is 1.78 bits per heavy atom. The molecule has 284 valence electrons. The lowest BCUT2D eigenvalue weighted by molar-refractivity contribution is 0.660. The minimum Gasteiger partial charge on any atom is -0.455 e. The van der Waals surface area contributed by atoms with Crippen LogP contribution in [0.3, 0.4) is 0 Å². The first kappa shape index (κ1) is 34.8. The Morgan fingerprint density at radius 1 is 0.383 bits per heavy atom. The molecule has 0 saturated carbocycles. The lowest BCUT2D eigenvalue weighted by Gasteiger charge is -2.28. The average molecular weight is 786 g/mol. The predicted molar refractivity (Wildman–Crippen MR) is 255 cm³/mol. The molecule has 0 spiro atoms. The third-order valence-electron chi connectivity index (χ3n) is 12.7. The molecule has 0 fully saturated rings. The van der Waals surface area contributed by atoms with Gasteiger partial charge in [-0.1, -0.05) is 153 Å². The fourth-order valence-electron chi connectivity index (χ4n) is 9.71. The first-order valence-electron chi connectivity index (χ1n) is 20.7. The smallest absolute Gasteiger partial charge is 0.143 e. The van der Waals surface area contributed by atoms with Crippen LogP contribution in [-0.2, 0) is 5.41 Å². The van der Waals surface area contributed by atoms with Gasteiger partial charge in [-0.15, -0.1) is 11.3 Å². The van der Waals surface area contributed by atoms with Crippen molar-refractivity contribution in [3.8, 4) is 44.5 Å². The predicted octanol–water partition coefficient (Wildman–Crippen LogP) is 16.7. The molecule has 0 unspecified atom stereocenters. The summed E-state index contributed by atoms with van der Waals surface area (Å²) in [5.41, 5.74) is 17.4. The molecule has 12 rings (SSSR count). The van der Waals surface area contributed by atoms with Crippen LogP contribution < -0.4 is 4.90 Å². The van der Waals surface area contributed by atoms with Crippen LogP contribution in [0.25, 0.3) is 86.6 Å². The fourth-order valence-corrected chi connectivity index (χ4v) is 10.8. The largest absolute Gasteiger partial charge is 0.455 e. The van der Waals surface area contributed by atoms with E-state index in [0.29, 0.717) is 0 Å². The second-order valence-corrected chi connectivity index (χ2v) is 17.5. The minimum atomic E-state index is -0.113. The number of para-hydroxylation sites is 2. The molecule has 0 amide bonds. The van der Waals surface area contributed by atoms with E-state index < -0.39 is 0 Å². The van der Waals surface area contributed by atoms with Crippen LogP contribution in [0, 0.1) is 0 Å². The summed E-state index contributed by atoms with van der Waals surface area (Å²) in [7, 11) is 0. The van der Waals surface area contributed by atoms with Crippen molar-refractivity contribution < 1.29 is 4.42 Å². The van der Waals surface area contributed by atoms with Gasteiger partial charge in [-0.3, -0.25) is 0 Å². The first-order chi connectivity index (χ1) is 29.5. The monoisotopic (exact) mass is 785 g/mol. The van der Waals surface area contributed by atoms with Crippen molar-refractivity contribution >= 4 is 70.5 Å². The van der Waals surface area contributed by atoms with Crippen LogP contribution in [0.4, 0.5) is 17.1 Å². The topological polar surface area (TPSA) is 16.4 Å². The van der Waals surface area contributed by atoms with Crippen LogP contribution in [0.5, 0.6) is 0 Å². The number of rotatable bonds is 6. The van der Waals surface area contributed by atoms with E-state index >= 15 is 0 Å². The second-order valence-electron chi connectivity index (χ2n) is 16.5. The van der Waals surface area contributed by atoms with E-state index in [1.54, 1.807) is 0 Å². The van der Waals surface area contributed by atoms with Gasteiger partial charge in [-0.05, 0) is 111 Å². The molecule has 1 aliphatic carbocycles. The van der Waals surface area contributed by atoms with Crippen molar-refractivity contribution in [3.63, 3.8) is 0 Å². The quantitative estimate of drug-likeness (QED) is 0.167. The van der Waals surface area contributed by atoms with Gasteiger partial charge in [-0.2, -0.15) is 0 Å². The van der Waals surface area contributed by atoms with E-state index in [2.05, 4.69) is 213 Å². The van der Waals surface area contributed by atoms with Crippen molar-refractivity contribution in [1.29, 1.82) is 0 Å². The third-order valence-corrected chi connectivity index (χ3v) is 13.9. The molecule has 0 aliphatic heterocycles. The highest BCUT2D eigenvalue weighted by atomic mass is 32.1. The molecule has 0 N–H and O–H groups in total. The molecule has 2 aromatic heterocycles. The number of anilines is 3. The number of fused-ring (bicyclic) bond motifs is 9. The van der Waals surface area contributed by atoms with E-state index in [1.165, 1.54) is 59.1 Å². The highest BCUT2D eigenvalue weighted by molar-refractivity contribution is 7.25. The van der Waals surface area contributed by atoms with Crippen molar-refractivity contribution in [1.82, 2.24) is 0 Å². The summed E-state index contributed by atoms with van der Waals surface area (Å²) >= 11 is 1.86. The van der Waals surface area contributed by atoms with Gasteiger partial charge in [-0.25, -0.2) is 0 Å². The lowest BCUT2D eigenvalue weighted by Crippen LogP contribution is -2.16. The van der Waals surface area contributed by atoms with Crippen LogP contribution >= 0.6 is 11.3 Å². The van der Waals surface area contributed by atoms with Crippen LogP contribution in [-0.4, -0.2) is 0 Å². The zero-order valence-corrected chi connectivity index (χ0v) is 34.1. The van der Waals surface area contributed by atoms with E-state index in [1.807, 2.05) is 17.4 Å². The lowest BCUT2D eigenvalue weighted by atomic mass is 9.82. The Hall–Kier alpha value is -7.20. The van der Waals surface area contributed by atoms with Gasteiger partial charge in [0.25, 0.3) is 0 Å². The molecule has 3 heteroatoms. The maximum Gasteiger partial charge on any atom is 0.143 e. The second kappa shape index (κ2) is 13.4. The van der Waals surface area contributed by atoms with E-state index in [9.17, 15) is 0 Å². The maximum atomic E-state index is 6.51. The van der Waals surface area contributed by atoms with Gasteiger partial charge < -0.3 is 9.32 Å². The first-order valence-corrected chi connectivity index (χ1v) is 21.5. The van der Waals surface area contributed by atoms with Crippen LogP contribution in [0.1, 0.15) is 25.0 Å². The van der Waals surface area contributed by atoms with Crippen molar-refractivity contribution in [2.75, 3.05) is 4.90 Å². The fraction of sp³-hybridized carbons (Fsp3) is 0.0526. The van der Waals surface area contributed by atoms with E-state index in [4.69, 9.17) is 4.42 Å². The zero-order chi connectivity index (χ0) is 40.0. The summed E-state index contributed by atoms with van der Waals surface area (Å²) in [6.07, 6.45) is 0. The highest BCUT2D eigenvalue weighted by Gasteiger charge is 2.35. The molecule has 0 atom stereocenters. The highest BCUT2D eigenvalue weighted by Crippen LogP contribution is 2.51. The molecule has 0 bridgehead atoms. The SMILES string of the molecule is CC1(C)c2ccccc2-c2ccc(N(c3ccc(-c4ccc5sc6ccccc6c5c4)cc3)c3ccc(-c4ccccc4-c4cccc5c4oc4ccccc45)cc3)cc21. The number of nitrogens with zero attached hydrogens (tertiary/aromatic N) is 1. The number of furan rings is 1. The number of hydrogen-bond acceptors (Lipinski definition) is 3. The molecule has 9 aromatic carbocycles. The third kappa shape index (κ3) is 5.40. The summed E-state index contributed by atoms with van der Waals surface area (Å²) in [6.45, 7) is 4.71. The molecule has 11 aromatic rings. The van der Waals surface area contributed by atoms with Gasteiger partial charge in [0, 0.05) is 59.0 Å². The van der Waals surface area contributed by atoms with E-state index in [-0.39, 0.29) is 5.41 Å². The Balaban J connectivity index is 0.960. The summed E-state index contributed by atoms with van der Waals surface area (Å²) in [5.74, 6) is 0. The molecule has 0 saturated heterocycles. The van der Waals surface area contributed by atoms with Gasteiger partial charge in [0.2, 0.25) is 0 Å². The maximum absolute atomic E-state index is 6.51. The summed E-state index contributed by atoms with van der Waals surface area (Å²) in [4.78, 5) is 2.41. The van der Waals surface area contributed by atoms with Crippen LogP contribution in [0.15, 0.2) is 205 Å².